The topological polar surface area (TPSA) is 78.5 Å². The molecular formula is C24H31N3O3S. The van der Waals surface area contributed by atoms with Gasteiger partial charge in [-0.3, -0.25) is 9.69 Å². The van der Waals surface area contributed by atoms with E-state index in [1.165, 1.54) is 44.2 Å². The van der Waals surface area contributed by atoms with Gasteiger partial charge >= 0.3 is 0 Å². The van der Waals surface area contributed by atoms with Crippen molar-refractivity contribution in [2.24, 2.45) is 0 Å². The summed E-state index contributed by atoms with van der Waals surface area (Å²) in [6.07, 6.45) is 8.13. The smallest absolute Gasteiger partial charge is 0.255 e. The fourth-order valence-electron chi connectivity index (χ4n) is 4.17. The summed E-state index contributed by atoms with van der Waals surface area (Å²) >= 11 is 0. The van der Waals surface area contributed by atoms with Crippen molar-refractivity contribution >= 4 is 21.6 Å². The molecule has 0 unspecified atom stereocenters. The molecule has 0 radical (unpaired) electrons. The molecule has 2 aromatic rings. The van der Waals surface area contributed by atoms with Crippen LogP contribution in [0, 0.1) is 0 Å². The van der Waals surface area contributed by atoms with Crippen molar-refractivity contribution in [3.63, 3.8) is 0 Å². The Morgan fingerprint density at radius 2 is 1.65 bits per heavy atom. The van der Waals surface area contributed by atoms with Crippen LogP contribution >= 0.6 is 0 Å². The van der Waals surface area contributed by atoms with Gasteiger partial charge in [0.1, 0.15) is 0 Å². The fraction of sp³-hybridized carbons (Fsp3) is 0.458. The number of amides is 1. The Balaban J connectivity index is 1.42. The van der Waals surface area contributed by atoms with Crippen LogP contribution in [0.2, 0.25) is 0 Å². The number of para-hydroxylation sites is 1. The van der Waals surface area contributed by atoms with Crippen LogP contribution in [-0.2, 0) is 16.6 Å². The van der Waals surface area contributed by atoms with Gasteiger partial charge in [0.25, 0.3) is 5.91 Å². The second kappa shape index (κ2) is 9.51. The minimum absolute atomic E-state index is 0.0521. The van der Waals surface area contributed by atoms with E-state index in [0.717, 1.165) is 30.6 Å². The van der Waals surface area contributed by atoms with Crippen LogP contribution in [0.15, 0.2) is 53.4 Å². The number of rotatable bonds is 8. The maximum atomic E-state index is 12.8. The molecule has 2 saturated carbocycles. The molecule has 2 aliphatic rings. The largest absolute Gasteiger partial charge is 0.322 e. The van der Waals surface area contributed by atoms with Crippen LogP contribution in [0.3, 0.4) is 0 Å². The molecule has 2 fully saturated rings. The fourth-order valence-corrected chi connectivity index (χ4v) is 5.47. The van der Waals surface area contributed by atoms with Crippen molar-refractivity contribution in [1.29, 1.82) is 0 Å². The van der Waals surface area contributed by atoms with E-state index in [1.807, 2.05) is 24.3 Å². The molecule has 0 spiro atoms. The molecule has 0 aromatic heterocycles. The molecule has 0 heterocycles. The minimum Gasteiger partial charge on any atom is -0.322 e. The SMILES string of the molecule is CN(Cc1ccccc1NC(=O)c1ccc(S(=O)(=O)NC2CC2)cc1)C1CCCCC1. The van der Waals surface area contributed by atoms with Crippen molar-refractivity contribution in [1.82, 2.24) is 9.62 Å². The van der Waals surface area contributed by atoms with Gasteiger partial charge in [-0.1, -0.05) is 37.5 Å². The minimum atomic E-state index is -3.52. The Morgan fingerprint density at radius 3 is 2.32 bits per heavy atom. The van der Waals surface area contributed by atoms with Crippen molar-refractivity contribution in [3.8, 4) is 0 Å². The van der Waals surface area contributed by atoms with E-state index in [-0.39, 0.29) is 16.8 Å². The first-order valence-corrected chi connectivity index (χ1v) is 12.6. The summed E-state index contributed by atoms with van der Waals surface area (Å²) in [5, 5.41) is 3.00. The Bertz CT molecular complexity index is 1010. The molecule has 2 N–H and O–H groups in total. The number of nitrogens with one attached hydrogen (secondary N) is 2. The van der Waals surface area contributed by atoms with Gasteiger partial charge in [-0.2, -0.15) is 0 Å². The monoisotopic (exact) mass is 441 g/mol. The summed E-state index contributed by atoms with van der Waals surface area (Å²) in [6.45, 7) is 0.783. The van der Waals surface area contributed by atoms with Crippen molar-refractivity contribution < 1.29 is 13.2 Å². The highest BCUT2D eigenvalue weighted by Crippen LogP contribution is 2.25. The molecular weight excluding hydrogens is 410 g/mol. The van der Waals surface area contributed by atoms with Crippen LogP contribution in [0.25, 0.3) is 0 Å². The summed E-state index contributed by atoms with van der Waals surface area (Å²) in [5.74, 6) is -0.244. The molecule has 6 nitrogen and oxygen atoms in total. The average Bonchev–Trinajstić information content (AvgIpc) is 3.59. The van der Waals surface area contributed by atoms with Gasteiger partial charge in [0.2, 0.25) is 10.0 Å². The Hall–Kier alpha value is -2.22. The number of carbonyl (C=O) groups excluding carboxylic acids is 1. The molecule has 0 aliphatic heterocycles. The van der Waals surface area contributed by atoms with E-state index in [9.17, 15) is 13.2 Å². The number of sulfonamides is 1. The van der Waals surface area contributed by atoms with Crippen LogP contribution < -0.4 is 10.0 Å². The first-order valence-electron chi connectivity index (χ1n) is 11.1. The van der Waals surface area contributed by atoms with Gasteiger partial charge in [0.05, 0.1) is 4.90 Å². The van der Waals surface area contributed by atoms with E-state index < -0.39 is 10.0 Å². The maximum Gasteiger partial charge on any atom is 0.255 e. The molecule has 7 heteroatoms. The van der Waals surface area contributed by atoms with Crippen molar-refractivity contribution in [2.45, 2.75) is 68.5 Å². The Morgan fingerprint density at radius 1 is 0.968 bits per heavy atom. The number of carbonyl (C=O) groups is 1. The Kier molecular flexibility index (Phi) is 6.74. The zero-order valence-electron chi connectivity index (χ0n) is 18.0. The van der Waals surface area contributed by atoms with E-state index in [1.54, 1.807) is 12.1 Å². The number of hydrogen-bond donors (Lipinski definition) is 2. The second-order valence-corrected chi connectivity index (χ2v) is 10.5. The van der Waals surface area contributed by atoms with Crippen LogP contribution in [-0.4, -0.2) is 38.4 Å². The van der Waals surface area contributed by atoms with Crippen LogP contribution in [0.5, 0.6) is 0 Å². The van der Waals surface area contributed by atoms with E-state index in [0.29, 0.717) is 11.6 Å². The third-order valence-electron chi connectivity index (χ3n) is 6.21. The quantitative estimate of drug-likeness (QED) is 0.645. The summed E-state index contributed by atoms with van der Waals surface area (Å²) in [7, 11) is -1.36. The first kappa shape index (κ1) is 22.0. The lowest BCUT2D eigenvalue weighted by atomic mass is 9.94. The number of benzene rings is 2. The lowest BCUT2D eigenvalue weighted by molar-refractivity contribution is 0.102. The predicted octanol–water partition coefficient (Wildman–Crippen LogP) is 4.14. The summed E-state index contributed by atoms with van der Waals surface area (Å²) in [4.78, 5) is 15.4. The normalized spacial score (nSPS) is 17.6. The highest BCUT2D eigenvalue weighted by molar-refractivity contribution is 7.89. The third-order valence-corrected chi connectivity index (χ3v) is 7.75. The van der Waals surface area contributed by atoms with Gasteiger partial charge < -0.3 is 5.32 Å². The molecule has 0 saturated heterocycles. The van der Waals surface area contributed by atoms with Gasteiger partial charge in [-0.05, 0) is 68.6 Å². The maximum absolute atomic E-state index is 12.8. The van der Waals surface area contributed by atoms with E-state index >= 15 is 0 Å². The third kappa shape index (κ3) is 5.73. The van der Waals surface area contributed by atoms with Gasteiger partial charge in [0, 0.05) is 29.9 Å². The second-order valence-electron chi connectivity index (χ2n) is 8.74. The standard InChI is InChI=1S/C24H31N3O3S/c1-27(21-8-3-2-4-9-21)17-19-7-5-6-10-23(19)25-24(28)18-11-15-22(16-12-18)31(29,30)26-20-13-14-20/h5-7,10-12,15-16,20-21,26H,2-4,8-9,13-14,17H2,1H3,(H,25,28). The molecule has 31 heavy (non-hydrogen) atoms. The molecule has 1 amide bonds. The van der Waals surface area contributed by atoms with Crippen LogP contribution in [0.1, 0.15) is 60.9 Å². The summed E-state index contributed by atoms with van der Waals surface area (Å²) < 4.78 is 27.3. The molecule has 0 bridgehead atoms. The van der Waals surface area contributed by atoms with Crippen molar-refractivity contribution in [3.05, 3.63) is 59.7 Å². The molecule has 2 aromatic carbocycles. The number of anilines is 1. The van der Waals surface area contributed by atoms with E-state index in [4.69, 9.17) is 0 Å². The Labute approximate surface area is 185 Å². The average molecular weight is 442 g/mol. The molecule has 0 atom stereocenters. The van der Waals surface area contributed by atoms with Gasteiger partial charge in [-0.25, -0.2) is 13.1 Å². The molecule has 166 valence electrons. The van der Waals surface area contributed by atoms with Gasteiger partial charge in [0.15, 0.2) is 0 Å². The zero-order chi connectivity index (χ0) is 21.8. The number of nitrogens with zero attached hydrogens (tertiary/aromatic N) is 1. The highest BCUT2D eigenvalue weighted by atomic mass is 32.2. The first-order chi connectivity index (χ1) is 14.9. The summed E-state index contributed by atoms with van der Waals surface area (Å²) in [6, 6.07) is 14.6. The van der Waals surface area contributed by atoms with Crippen LogP contribution in [0.4, 0.5) is 5.69 Å². The lowest BCUT2D eigenvalue weighted by Gasteiger charge is -2.31. The predicted molar refractivity (Wildman–Crippen MR) is 123 cm³/mol. The highest BCUT2D eigenvalue weighted by Gasteiger charge is 2.28. The zero-order valence-corrected chi connectivity index (χ0v) is 18.8. The molecule has 2 aliphatic carbocycles. The van der Waals surface area contributed by atoms with E-state index in [2.05, 4.69) is 22.0 Å². The molecule has 4 rings (SSSR count). The number of hydrogen-bond acceptors (Lipinski definition) is 4. The lowest BCUT2D eigenvalue weighted by Crippen LogP contribution is -2.33. The van der Waals surface area contributed by atoms with Gasteiger partial charge in [-0.15, -0.1) is 0 Å². The van der Waals surface area contributed by atoms with Crippen molar-refractivity contribution in [2.75, 3.05) is 12.4 Å². The summed E-state index contributed by atoms with van der Waals surface area (Å²) in [5.41, 5.74) is 2.31.